The Kier molecular flexibility index (Phi) is 5.33. The van der Waals surface area contributed by atoms with Gasteiger partial charge in [-0.15, -0.1) is 0 Å². The standard InChI is InChI=1S/C11H19NO2/c1-3-5-12-11(9-13-2)7-10-4-6-14-8-10/h4,6,8,11-12H,3,5,7,9H2,1-2H3. The lowest BCUT2D eigenvalue weighted by molar-refractivity contribution is 0.166. The van der Waals surface area contributed by atoms with Crippen LogP contribution in [0.3, 0.4) is 0 Å². The summed E-state index contributed by atoms with van der Waals surface area (Å²) in [5, 5.41) is 3.44. The van der Waals surface area contributed by atoms with Crippen molar-refractivity contribution in [3.05, 3.63) is 24.2 Å². The molecule has 0 amide bonds. The molecular formula is C11H19NO2. The maximum atomic E-state index is 5.16. The lowest BCUT2D eigenvalue weighted by atomic mass is 10.1. The van der Waals surface area contributed by atoms with Crippen molar-refractivity contribution in [2.45, 2.75) is 25.8 Å². The predicted octanol–water partition coefficient (Wildman–Crippen LogP) is 1.84. The van der Waals surface area contributed by atoms with Crippen molar-refractivity contribution in [1.29, 1.82) is 0 Å². The van der Waals surface area contributed by atoms with Crippen LogP contribution in [0.1, 0.15) is 18.9 Å². The molecule has 0 spiro atoms. The molecule has 3 nitrogen and oxygen atoms in total. The third kappa shape index (κ3) is 3.94. The van der Waals surface area contributed by atoms with Gasteiger partial charge in [0.2, 0.25) is 0 Å². The summed E-state index contributed by atoms with van der Waals surface area (Å²) in [5.41, 5.74) is 1.22. The quantitative estimate of drug-likeness (QED) is 0.724. The molecule has 0 fully saturated rings. The van der Waals surface area contributed by atoms with Crippen LogP contribution in [0.15, 0.2) is 23.0 Å². The van der Waals surface area contributed by atoms with Gasteiger partial charge < -0.3 is 14.5 Å². The van der Waals surface area contributed by atoms with E-state index in [0.717, 1.165) is 26.0 Å². The summed E-state index contributed by atoms with van der Waals surface area (Å²) in [5.74, 6) is 0. The van der Waals surface area contributed by atoms with Gasteiger partial charge in [-0.3, -0.25) is 0 Å². The summed E-state index contributed by atoms with van der Waals surface area (Å²) in [4.78, 5) is 0. The van der Waals surface area contributed by atoms with Gasteiger partial charge in [0, 0.05) is 13.2 Å². The Labute approximate surface area is 85.4 Å². The van der Waals surface area contributed by atoms with Gasteiger partial charge in [0.1, 0.15) is 0 Å². The first-order valence-electron chi connectivity index (χ1n) is 5.10. The molecule has 0 radical (unpaired) electrons. The van der Waals surface area contributed by atoms with E-state index in [1.165, 1.54) is 5.56 Å². The van der Waals surface area contributed by atoms with Crippen molar-refractivity contribution >= 4 is 0 Å². The molecule has 1 rings (SSSR count). The Morgan fingerprint density at radius 2 is 2.43 bits per heavy atom. The molecule has 14 heavy (non-hydrogen) atoms. The first-order valence-corrected chi connectivity index (χ1v) is 5.10. The molecule has 0 saturated heterocycles. The number of hydrogen-bond donors (Lipinski definition) is 1. The second kappa shape index (κ2) is 6.62. The highest BCUT2D eigenvalue weighted by Gasteiger charge is 2.08. The number of furan rings is 1. The molecule has 0 aromatic carbocycles. The van der Waals surface area contributed by atoms with E-state index in [0.29, 0.717) is 6.04 Å². The smallest absolute Gasteiger partial charge is 0.0935 e. The minimum absolute atomic E-state index is 0.387. The fourth-order valence-corrected chi connectivity index (χ4v) is 1.43. The van der Waals surface area contributed by atoms with E-state index in [-0.39, 0.29) is 0 Å². The van der Waals surface area contributed by atoms with Gasteiger partial charge in [0.25, 0.3) is 0 Å². The van der Waals surface area contributed by atoms with Crippen molar-refractivity contribution < 1.29 is 9.15 Å². The summed E-state index contributed by atoms with van der Waals surface area (Å²) in [6, 6.07) is 2.38. The molecule has 80 valence electrons. The van der Waals surface area contributed by atoms with E-state index < -0.39 is 0 Å². The second-order valence-corrected chi connectivity index (χ2v) is 3.44. The summed E-state index contributed by atoms with van der Waals surface area (Å²) < 4.78 is 10.2. The Balaban J connectivity index is 2.34. The normalized spacial score (nSPS) is 13.0. The van der Waals surface area contributed by atoms with Crippen molar-refractivity contribution in [3.8, 4) is 0 Å². The van der Waals surface area contributed by atoms with Gasteiger partial charge in [-0.2, -0.15) is 0 Å². The summed E-state index contributed by atoms with van der Waals surface area (Å²) in [7, 11) is 1.73. The average Bonchev–Trinajstić information content (AvgIpc) is 2.67. The molecule has 3 heteroatoms. The van der Waals surface area contributed by atoms with Crippen LogP contribution < -0.4 is 5.32 Å². The predicted molar refractivity (Wildman–Crippen MR) is 56.4 cm³/mol. The Morgan fingerprint density at radius 1 is 1.57 bits per heavy atom. The lowest BCUT2D eigenvalue weighted by Gasteiger charge is -2.16. The zero-order valence-corrected chi connectivity index (χ0v) is 8.95. The van der Waals surface area contributed by atoms with E-state index in [2.05, 4.69) is 12.2 Å². The Hall–Kier alpha value is -0.800. The highest BCUT2D eigenvalue weighted by molar-refractivity contribution is 5.07. The van der Waals surface area contributed by atoms with Gasteiger partial charge in [-0.25, -0.2) is 0 Å². The minimum Gasteiger partial charge on any atom is -0.472 e. The molecule has 1 heterocycles. The fraction of sp³-hybridized carbons (Fsp3) is 0.636. The molecule has 1 unspecified atom stereocenters. The number of nitrogens with one attached hydrogen (secondary N) is 1. The van der Waals surface area contributed by atoms with Crippen LogP contribution in [0.5, 0.6) is 0 Å². The van der Waals surface area contributed by atoms with Crippen LogP contribution in [-0.4, -0.2) is 26.3 Å². The molecule has 0 aliphatic rings. The van der Waals surface area contributed by atoms with Crippen LogP contribution in [0, 0.1) is 0 Å². The zero-order valence-electron chi connectivity index (χ0n) is 8.95. The van der Waals surface area contributed by atoms with Gasteiger partial charge >= 0.3 is 0 Å². The monoisotopic (exact) mass is 197 g/mol. The molecule has 1 aromatic rings. The van der Waals surface area contributed by atoms with Gasteiger partial charge in [-0.1, -0.05) is 6.92 Å². The zero-order chi connectivity index (χ0) is 10.2. The molecule has 0 aliphatic carbocycles. The van der Waals surface area contributed by atoms with E-state index in [4.69, 9.17) is 9.15 Å². The summed E-state index contributed by atoms with van der Waals surface area (Å²) in [6.45, 7) is 3.94. The number of ether oxygens (including phenoxy) is 1. The van der Waals surface area contributed by atoms with E-state index in [1.807, 2.05) is 6.07 Å². The molecule has 0 bridgehead atoms. The molecule has 0 saturated carbocycles. The van der Waals surface area contributed by atoms with Crippen LogP contribution in [0.4, 0.5) is 0 Å². The van der Waals surface area contributed by atoms with Crippen LogP contribution in [-0.2, 0) is 11.2 Å². The van der Waals surface area contributed by atoms with Gasteiger partial charge in [-0.05, 0) is 31.0 Å². The summed E-state index contributed by atoms with van der Waals surface area (Å²) >= 11 is 0. The highest BCUT2D eigenvalue weighted by atomic mass is 16.5. The van der Waals surface area contributed by atoms with Crippen molar-refractivity contribution in [2.75, 3.05) is 20.3 Å². The highest BCUT2D eigenvalue weighted by Crippen LogP contribution is 2.04. The maximum Gasteiger partial charge on any atom is 0.0935 e. The molecule has 0 aliphatic heterocycles. The first-order chi connectivity index (χ1) is 6.86. The first kappa shape index (κ1) is 11.3. The van der Waals surface area contributed by atoms with E-state index in [1.54, 1.807) is 19.6 Å². The largest absolute Gasteiger partial charge is 0.472 e. The third-order valence-corrected chi connectivity index (χ3v) is 2.11. The van der Waals surface area contributed by atoms with Gasteiger partial charge in [0.15, 0.2) is 0 Å². The molecule has 1 N–H and O–H groups in total. The number of methoxy groups -OCH3 is 1. The van der Waals surface area contributed by atoms with Crippen molar-refractivity contribution in [2.24, 2.45) is 0 Å². The number of hydrogen-bond acceptors (Lipinski definition) is 3. The lowest BCUT2D eigenvalue weighted by Crippen LogP contribution is -2.35. The summed E-state index contributed by atoms with van der Waals surface area (Å²) in [6.07, 6.45) is 5.60. The molecule has 1 aromatic heterocycles. The second-order valence-electron chi connectivity index (χ2n) is 3.44. The Morgan fingerprint density at radius 3 is 3.00 bits per heavy atom. The van der Waals surface area contributed by atoms with Crippen molar-refractivity contribution in [1.82, 2.24) is 5.32 Å². The van der Waals surface area contributed by atoms with Crippen LogP contribution in [0.25, 0.3) is 0 Å². The third-order valence-electron chi connectivity index (χ3n) is 2.11. The minimum atomic E-state index is 0.387. The fourth-order valence-electron chi connectivity index (χ4n) is 1.43. The average molecular weight is 197 g/mol. The number of rotatable bonds is 7. The van der Waals surface area contributed by atoms with Crippen LogP contribution in [0.2, 0.25) is 0 Å². The van der Waals surface area contributed by atoms with E-state index in [9.17, 15) is 0 Å². The van der Waals surface area contributed by atoms with Crippen molar-refractivity contribution in [3.63, 3.8) is 0 Å². The molecule has 1 atom stereocenters. The molecular weight excluding hydrogens is 178 g/mol. The van der Waals surface area contributed by atoms with Gasteiger partial charge in [0.05, 0.1) is 19.1 Å². The van der Waals surface area contributed by atoms with Crippen LogP contribution >= 0.6 is 0 Å². The van der Waals surface area contributed by atoms with E-state index >= 15 is 0 Å². The Bertz CT molecular complexity index is 221. The SMILES string of the molecule is CCCNC(COC)Cc1ccoc1. The maximum absolute atomic E-state index is 5.16. The topological polar surface area (TPSA) is 34.4 Å².